The second kappa shape index (κ2) is 11.4. The number of aromatic nitrogens is 1. The predicted molar refractivity (Wildman–Crippen MR) is 156 cm³/mol. The molecule has 0 radical (unpaired) electrons. The third kappa shape index (κ3) is 7.50. The number of pyridine rings is 1. The lowest BCUT2D eigenvalue weighted by Gasteiger charge is -2.41. The standard InChI is InChI=1S/C30H48BrN3O4/c1-19(2)37-27(36)25(38-28(4,5)6)21-20(3)32-23(26(35)34-17-13-30(9,10)14-18-34)22(31)24(21)33-15-11-29(7,8)12-16-33/h19,25H,11-18H2,1-10H3. The number of ether oxygens (including phenoxy) is 2. The topological polar surface area (TPSA) is 72.0 Å². The molecule has 0 aromatic carbocycles. The molecule has 0 spiro atoms. The summed E-state index contributed by atoms with van der Waals surface area (Å²) in [4.78, 5) is 36.3. The minimum Gasteiger partial charge on any atom is -0.461 e. The van der Waals surface area contributed by atoms with Crippen molar-refractivity contribution in [3.63, 3.8) is 0 Å². The van der Waals surface area contributed by atoms with Gasteiger partial charge in [0.05, 0.1) is 21.9 Å². The number of carbonyl (C=O) groups excluding carboxylic acids is 2. The number of amides is 1. The van der Waals surface area contributed by atoms with Crippen LogP contribution in [0.4, 0.5) is 5.69 Å². The Bertz CT molecular complexity index is 1020. The first-order chi connectivity index (χ1) is 17.4. The highest BCUT2D eigenvalue weighted by Gasteiger charge is 2.39. The van der Waals surface area contributed by atoms with Crippen molar-refractivity contribution in [1.82, 2.24) is 9.88 Å². The molecule has 3 rings (SSSR count). The number of rotatable bonds is 6. The van der Waals surface area contributed by atoms with E-state index in [2.05, 4.69) is 48.5 Å². The van der Waals surface area contributed by atoms with Crippen molar-refractivity contribution in [2.75, 3.05) is 31.1 Å². The maximum absolute atomic E-state index is 13.8. The molecule has 2 fully saturated rings. The lowest BCUT2D eigenvalue weighted by atomic mass is 9.82. The van der Waals surface area contributed by atoms with Gasteiger partial charge in [-0.2, -0.15) is 0 Å². The Morgan fingerprint density at radius 2 is 1.45 bits per heavy atom. The Labute approximate surface area is 238 Å². The van der Waals surface area contributed by atoms with Gasteiger partial charge in [0.25, 0.3) is 5.91 Å². The molecule has 0 N–H and O–H groups in total. The second-order valence-electron chi connectivity index (χ2n) is 13.8. The maximum atomic E-state index is 13.8. The molecular weight excluding hydrogens is 546 g/mol. The van der Waals surface area contributed by atoms with Gasteiger partial charge in [-0.25, -0.2) is 9.78 Å². The van der Waals surface area contributed by atoms with E-state index in [1.165, 1.54) is 0 Å². The molecule has 38 heavy (non-hydrogen) atoms. The number of nitrogens with zero attached hydrogens (tertiary/aromatic N) is 3. The van der Waals surface area contributed by atoms with Gasteiger partial charge in [-0.3, -0.25) is 4.79 Å². The van der Waals surface area contributed by atoms with Gasteiger partial charge in [-0.15, -0.1) is 0 Å². The molecule has 8 heteroatoms. The minimum absolute atomic E-state index is 0.0707. The van der Waals surface area contributed by atoms with Gasteiger partial charge in [0.2, 0.25) is 0 Å². The number of carbonyl (C=O) groups is 2. The zero-order valence-electron chi connectivity index (χ0n) is 25.2. The normalized spacial score (nSPS) is 20.4. The zero-order chi connectivity index (χ0) is 28.6. The Balaban J connectivity index is 2.15. The molecular formula is C30H48BrN3O4. The van der Waals surface area contributed by atoms with Crippen molar-refractivity contribution in [1.29, 1.82) is 0 Å². The van der Waals surface area contributed by atoms with E-state index in [1.807, 2.05) is 46.4 Å². The van der Waals surface area contributed by atoms with E-state index in [0.29, 0.717) is 34.5 Å². The highest BCUT2D eigenvalue weighted by molar-refractivity contribution is 9.10. The van der Waals surface area contributed by atoms with Crippen LogP contribution in [0.15, 0.2) is 4.47 Å². The summed E-state index contributed by atoms with van der Waals surface area (Å²) in [7, 11) is 0. The fourth-order valence-electron chi connectivity index (χ4n) is 5.12. The highest BCUT2D eigenvalue weighted by Crippen LogP contribution is 2.44. The molecule has 1 unspecified atom stereocenters. The third-order valence-corrected chi connectivity index (χ3v) is 8.43. The van der Waals surface area contributed by atoms with Gasteiger partial charge in [0.15, 0.2) is 6.10 Å². The van der Waals surface area contributed by atoms with Gasteiger partial charge in [0.1, 0.15) is 5.69 Å². The molecule has 0 saturated carbocycles. The van der Waals surface area contributed by atoms with Crippen LogP contribution in [0.3, 0.4) is 0 Å². The molecule has 2 aliphatic rings. The summed E-state index contributed by atoms with van der Waals surface area (Å²) >= 11 is 3.81. The molecule has 0 bridgehead atoms. The van der Waals surface area contributed by atoms with Gasteiger partial charge < -0.3 is 19.3 Å². The van der Waals surface area contributed by atoms with E-state index in [1.54, 1.807) is 0 Å². The second-order valence-corrected chi connectivity index (χ2v) is 14.6. The number of halogens is 1. The number of esters is 1. The van der Waals surface area contributed by atoms with E-state index in [9.17, 15) is 9.59 Å². The van der Waals surface area contributed by atoms with Crippen LogP contribution in [0.5, 0.6) is 0 Å². The van der Waals surface area contributed by atoms with E-state index in [4.69, 9.17) is 14.5 Å². The average Bonchev–Trinajstić information content (AvgIpc) is 2.77. The summed E-state index contributed by atoms with van der Waals surface area (Å²) in [6, 6.07) is 0. The van der Waals surface area contributed by atoms with Crippen molar-refractivity contribution in [3.8, 4) is 0 Å². The van der Waals surface area contributed by atoms with Crippen molar-refractivity contribution in [2.24, 2.45) is 10.8 Å². The molecule has 7 nitrogen and oxygen atoms in total. The SMILES string of the molecule is Cc1nc(C(=O)N2CCC(C)(C)CC2)c(Br)c(N2CCC(C)(C)CC2)c1C(OC(C)(C)C)C(=O)OC(C)C. The predicted octanol–water partition coefficient (Wildman–Crippen LogP) is 6.85. The number of hydrogen-bond acceptors (Lipinski definition) is 6. The first kappa shape index (κ1) is 30.9. The minimum atomic E-state index is -0.967. The van der Waals surface area contributed by atoms with Crippen LogP contribution in [0, 0.1) is 17.8 Å². The fourth-order valence-corrected chi connectivity index (χ4v) is 5.84. The summed E-state index contributed by atoms with van der Waals surface area (Å²) < 4.78 is 12.7. The summed E-state index contributed by atoms with van der Waals surface area (Å²) in [5.41, 5.74) is 2.39. The Hall–Kier alpha value is -1.67. The van der Waals surface area contributed by atoms with Crippen molar-refractivity contribution >= 4 is 33.5 Å². The number of aryl methyl sites for hydroxylation is 1. The van der Waals surface area contributed by atoms with Gasteiger partial charge >= 0.3 is 5.97 Å². The lowest BCUT2D eigenvalue weighted by molar-refractivity contribution is -0.171. The van der Waals surface area contributed by atoms with E-state index in [0.717, 1.165) is 44.5 Å². The Kier molecular flexibility index (Phi) is 9.29. The van der Waals surface area contributed by atoms with Crippen LogP contribution < -0.4 is 4.90 Å². The maximum Gasteiger partial charge on any atom is 0.340 e. The summed E-state index contributed by atoms with van der Waals surface area (Å²) in [6.45, 7) is 23.5. The third-order valence-electron chi connectivity index (χ3n) is 7.68. The van der Waals surface area contributed by atoms with E-state index in [-0.39, 0.29) is 22.8 Å². The average molecular weight is 595 g/mol. The molecule has 3 heterocycles. The molecule has 1 atom stereocenters. The van der Waals surface area contributed by atoms with Crippen LogP contribution in [0.25, 0.3) is 0 Å². The number of anilines is 1. The van der Waals surface area contributed by atoms with Crippen LogP contribution in [-0.4, -0.2) is 59.6 Å². The summed E-state index contributed by atoms with van der Waals surface area (Å²) in [5, 5.41) is 0. The lowest BCUT2D eigenvalue weighted by Crippen LogP contribution is -2.42. The zero-order valence-corrected chi connectivity index (χ0v) is 26.8. The molecule has 214 valence electrons. The van der Waals surface area contributed by atoms with Crippen molar-refractivity contribution in [3.05, 3.63) is 21.4 Å². The largest absolute Gasteiger partial charge is 0.461 e. The highest BCUT2D eigenvalue weighted by atomic mass is 79.9. The number of likely N-dealkylation sites (tertiary alicyclic amines) is 1. The summed E-state index contributed by atoms with van der Waals surface area (Å²) in [5.74, 6) is -0.513. The Morgan fingerprint density at radius 1 is 0.947 bits per heavy atom. The van der Waals surface area contributed by atoms with Crippen molar-refractivity contribution < 1.29 is 19.1 Å². The molecule has 2 saturated heterocycles. The van der Waals surface area contributed by atoms with Crippen LogP contribution >= 0.6 is 15.9 Å². The van der Waals surface area contributed by atoms with Gasteiger partial charge in [-0.1, -0.05) is 27.7 Å². The van der Waals surface area contributed by atoms with Crippen molar-refractivity contribution in [2.45, 2.75) is 113 Å². The molecule has 2 aliphatic heterocycles. The molecule has 1 aromatic rings. The first-order valence-electron chi connectivity index (χ1n) is 14.0. The van der Waals surface area contributed by atoms with Crippen LogP contribution in [0.1, 0.15) is 116 Å². The Morgan fingerprint density at radius 3 is 1.92 bits per heavy atom. The molecule has 0 aliphatic carbocycles. The first-order valence-corrected chi connectivity index (χ1v) is 14.8. The smallest absolute Gasteiger partial charge is 0.340 e. The molecule has 1 aromatic heterocycles. The molecule has 1 amide bonds. The van der Waals surface area contributed by atoms with E-state index >= 15 is 0 Å². The van der Waals surface area contributed by atoms with Gasteiger partial charge in [0, 0.05) is 37.4 Å². The quantitative estimate of drug-likeness (QED) is 0.336. The monoisotopic (exact) mass is 593 g/mol. The number of hydrogen-bond donors (Lipinski definition) is 0. The van der Waals surface area contributed by atoms with Gasteiger partial charge in [-0.05, 0) is 94.0 Å². The van der Waals surface area contributed by atoms with E-state index < -0.39 is 17.7 Å². The fraction of sp³-hybridized carbons (Fsp3) is 0.767. The summed E-state index contributed by atoms with van der Waals surface area (Å²) in [6.07, 6.45) is 2.69. The number of piperidine rings is 2. The van der Waals surface area contributed by atoms with Crippen LogP contribution in [-0.2, 0) is 14.3 Å². The van der Waals surface area contributed by atoms with Crippen LogP contribution in [0.2, 0.25) is 0 Å².